The third kappa shape index (κ3) is 3.66. The number of hydrogen-bond donors (Lipinski definition) is 2. The fraction of sp³-hybridized carbons (Fsp3) is 0.125. The van der Waals surface area contributed by atoms with Crippen LogP contribution in [0.1, 0.15) is 22.8 Å². The Labute approximate surface area is 126 Å². The van der Waals surface area contributed by atoms with E-state index in [1.807, 2.05) is 0 Å². The Morgan fingerprint density at radius 1 is 1.00 bits per heavy atom. The number of hydrogen-bond acceptors (Lipinski definition) is 2. The second-order valence-corrected chi connectivity index (χ2v) is 4.79. The van der Waals surface area contributed by atoms with Crippen molar-refractivity contribution in [1.82, 2.24) is 0 Å². The Morgan fingerprint density at radius 3 is 2.32 bits per heavy atom. The number of carbonyl (C=O) groups is 2. The molecule has 114 valence electrons. The van der Waals surface area contributed by atoms with Crippen LogP contribution in [0.15, 0.2) is 36.4 Å². The second-order valence-electron chi connectivity index (χ2n) is 4.79. The van der Waals surface area contributed by atoms with Crippen molar-refractivity contribution < 1.29 is 18.4 Å². The second kappa shape index (κ2) is 6.34. The first-order valence-corrected chi connectivity index (χ1v) is 6.51. The summed E-state index contributed by atoms with van der Waals surface area (Å²) < 4.78 is 27.0. The van der Waals surface area contributed by atoms with Crippen LogP contribution >= 0.6 is 0 Å². The zero-order valence-electron chi connectivity index (χ0n) is 12.0. The van der Waals surface area contributed by atoms with Crippen molar-refractivity contribution in [2.75, 3.05) is 10.6 Å². The highest BCUT2D eigenvalue weighted by molar-refractivity contribution is 6.05. The lowest BCUT2D eigenvalue weighted by atomic mass is 10.1. The molecule has 0 saturated carbocycles. The predicted molar refractivity (Wildman–Crippen MR) is 79.8 cm³/mol. The SMILES string of the molecule is CC(=O)Nc1ccc(C(=O)Nc2ccc(F)cc2C)c(F)c1. The number of anilines is 2. The molecule has 2 aromatic rings. The van der Waals surface area contributed by atoms with Crippen molar-refractivity contribution in [2.45, 2.75) is 13.8 Å². The monoisotopic (exact) mass is 304 g/mol. The third-order valence-electron chi connectivity index (χ3n) is 2.97. The molecule has 2 N–H and O–H groups in total. The summed E-state index contributed by atoms with van der Waals surface area (Å²) in [4.78, 5) is 23.0. The first-order valence-electron chi connectivity index (χ1n) is 6.51. The topological polar surface area (TPSA) is 58.2 Å². The molecule has 22 heavy (non-hydrogen) atoms. The van der Waals surface area contributed by atoms with Crippen molar-refractivity contribution in [1.29, 1.82) is 0 Å². The first-order chi connectivity index (χ1) is 10.4. The zero-order chi connectivity index (χ0) is 16.3. The van der Waals surface area contributed by atoms with Gasteiger partial charge in [0.05, 0.1) is 5.56 Å². The Kier molecular flexibility index (Phi) is 4.50. The van der Waals surface area contributed by atoms with Crippen LogP contribution < -0.4 is 10.6 Å². The number of rotatable bonds is 3. The molecule has 0 aromatic heterocycles. The van der Waals surface area contributed by atoms with Crippen LogP contribution in [0.5, 0.6) is 0 Å². The fourth-order valence-corrected chi connectivity index (χ4v) is 1.94. The minimum absolute atomic E-state index is 0.169. The van der Waals surface area contributed by atoms with Gasteiger partial charge >= 0.3 is 0 Å². The molecule has 0 spiro atoms. The van der Waals surface area contributed by atoms with Crippen molar-refractivity contribution in [3.63, 3.8) is 0 Å². The molecule has 0 saturated heterocycles. The van der Waals surface area contributed by atoms with Gasteiger partial charge in [-0.3, -0.25) is 9.59 Å². The van der Waals surface area contributed by atoms with Crippen LogP contribution in [-0.4, -0.2) is 11.8 Å². The van der Waals surface area contributed by atoms with Gasteiger partial charge in [0.2, 0.25) is 5.91 Å². The standard InChI is InChI=1S/C16H14F2N2O2/c1-9-7-11(17)3-6-15(9)20-16(22)13-5-4-12(8-14(13)18)19-10(2)21/h3-8H,1-2H3,(H,19,21)(H,20,22). The highest BCUT2D eigenvalue weighted by atomic mass is 19.1. The van der Waals surface area contributed by atoms with E-state index in [0.29, 0.717) is 11.3 Å². The van der Waals surface area contributed by atoms with E-state index in [-0.39, 0.29) is 17.2 Å². The first kappa shape index (κ1) is 15.6. The number of carbonyl (C=O) groups excluding carboxylic acids is 2. The smallest absolute Gasteiger partial charge is 0.258 e. The number of benzene rings is 2. The van der Waals surface area contributed by atoms with E-state index in [4.69, 9.17) is 0 Å². The molecular weight excluding hydrogens is 290 g/mol. The lowest BCUT2D eigenvalue weighted by molar-refractivity contribution is -0.114. The lowest BCUT2D eigenvalue weighted by Crippen LogP contribution is -2.15. The molecular formula is C16H14F2N2O2. The van der Waals surface area contributed by atoms with Crippen molar-refractivity contribution >= 4 is 23.2 Å². The average molecular weight is 304 g/mol. The van der Waals surface area contributed by atoms with E-state index in [1.54, 1.807) is 6.92 Å². The van der Waals surface area contributed by atoms with Gasteiger partial charge in [-0.15, -0.1) is 0 Å². The Bertz CT molecular complexity index is 745. The van der Waals surface area contributed by atoms with Crippen LogP contribution in [-0.2, 0) is 4.79 Å². The Morgan fingerprint density at radius 2 is 1.73 bits per heavy atom. The van der Waals surface area contributed by atoms with E-state index in [1.165, 1.54) is 37.3 Å². The Balaban J connectivity index is 2.20. The van der Waals surface area contributed by atoms with Gasteiger partial charge in [0, 0.05) is 18.3 Å². The maximum Gasteiger partial charge on any atom is 0.258 e. The minimum Gasteiger partial charge on any atom is -0.326 e. The van der Waals surface area contributed by atoms with Crippen LogP contribution in [0.25, 0.3) is 0 Å². The molecule has 0 aliphatic carbocycles. The van der Waals surface area contributed by atoms with Crippen molar-refractivity contribution in [2.24, 2.45) is 0 Å². The third-order valence-corrected chi connectivity index (χ3v) is 2.97. The molecule has 0 atom stereocenters. The number of aryl methyl sites for hydroxylation is 1. The molecule has 0 radical (unpaired) electrons. The van der Waals surface area contributed by atoms with Gasteiger partial charge in [0.15, 0.2) is 0 Å². The van der Waals surface area contributed by atoms with Crippen LogP contribution in [0.4, 0.5) is 20.2 Å². The van der Waals surface area contributed by atoms with Crippen LogP contribution in [0.3, 0.4) is 0 Å². The predicted octanol–water partition coefficient (Wildman–Crippen LogP) is 3.48. The summed E-state index contributed by atoms with van der Waals surface area (Å²) in [5.74, 6) is -2.16. The highest BCUT2D eigenvalue weighted by Crippen LogP contribution is 2.19. The minimum atomic E-state index is -0.761. The molecule has 0 unspecified atom stereocenters. The molecule has 6 heteroatoms. The van der Waals surface area contributed by atoms with E-state index in [2.05, 4.69) is 10.6 Å². The molecule has 0 heterocycles. The van der Waals surface area contributed by atoms with E-state index in [0.717, 1.165) is 6.07 Å². The highest BCUT2D eigenvalue weighted by Gasteiger charge is 2.14. The van der Waals surface area contributed by atoms with Crippen LogP contribution in [0, 0.1) is 18.6 Å². The maximum absolute atomic E-state index is 13.9. The molecule has 0 aliphatic heterocycles. The summed E-state index contributed by atoms with van der Waals surface area (Å²) in [6, 6.07) is 7.65. The summed E-state index contributed by atoms with van der Waals surface area (Å²) in [6.45, 7) is 2.94. The molecule has 0 aliphatic rings. The molecule has 2 rings (SSSR count). The molecule has 4 nitrogen and oxygen atoms in total. The normalized spacial score (nSPS) is 10.2. The van der Waals surface area contributed by atoms with Gasteiger partial charge in [-0.1, -0.05) is 0 Å². The number of amides is 2. The summed E-state index contributed by atoms with van der Waals surface area (Å²) in [6.07, 6.45) is 0. The number of halogens is 2. The molecule has 0 bridgehead atoms. The van der Waals surface area contributed by atoms with Gasteiger partial charge in [0.25, 0.3) is 5.91 Å². The van der Waals surface area contributed by atoms with Gasteiger partial charge < -0.3 is 10.6 Å². The van der Waals surface area contributed by atoms with Gasteiger partial charge in [0.1, 0.15) is 11.6 Å². The van der Waals surface area contributed by atoms with E-state index in [9.17, 15) is 18.4 Å². The van der Waals surface area contributed by atoms with E-state index < -0.39 is 17.5 Å². The van der Waals surface area contributed by atoms with Gasteiger partial charge in [-0.2, -0.15) is 0 Å². The Hall–Kier alpha value is -2.76. The average Bonchev–Trinajstić information content (AvgIpc) is 2.41. The van der Waals surface area contributed by atoms with E-state index >= 15 is 0 Å². The van der Waals surface area contributed by atoms with Gasteiger partial charge in [-0.25, -0.2) is 8.78 Å². The fourth-order valence-electron chi connectivity index (χ4n) is 1.94. The summed E-state index contributed by atoms with van der Waals surface area (Å²) in [5.41, 5.74) is 1.03. The molecule has 2 amide bonds. The quantitative estimate of drug-likeness (QED) is 0.912. The number of nitrogens with one attached hydrogen (secondary N) is 2. The summed E-state index contributed by atoms with van der Waals surface area (Å²) >= 11 is 0. The molecule has 2 aromatic carbocycles. The summed E-state index contributed by atoms with van der Waals surface area (Å²) in [7, 11) is 0. The van der Waals surface area contributed by atoms with Crippen molar-refractivity contribution in [3.8, 4) is 0 Å². The zero-order valence-corrected chi connectivity index (χ0v) is 12.0. The van der Waals surface area contributed by atoms with Gasteiger partial charge in [-0.05, 0) is 48.9 Å². The summed E-state index contributed by atoms with van der Waals surface area (Å²) in [5, 5.41) is 4.95. The van der Waals surface area contributed by atoms with Crippen molar-refractivity contribution in [3.05, 3.63) is 59.2 Å². The maximum atomic E-state index is 13.9. The van der Waals surface area contributed by atoms with Crippen LogP contribution in [0.2, 0.25) is 0 Å². The molecule has 0 fully saturated rings. The lowest BCUT2D eigenvalue weighted by Gasteiger charge is -2.10. The largest absolute Gasteiger partial charge is 0.326 e.